The molecule has 7 heteroatoms. The molecule has 0 amide bonds. The summed E-state index contributed by atoms with van der Waals surface area (Å²) < 4.78 is 0. The van der Waals surface area contributed by atoms with E-state index in [0.717, 1.165) is 28.3 Å². The smallest absolute Gasteiger partial charge is 0.306 e. The van der Waals surface area contributed by atoms with Crippen LogP contribution in [0.5, 0.6) is 0 Å². The van der Waals surface area contributed by atoms with Gasteiger partial charge in [-0.15, -0.1) is 11.3 Å². The van der Waals surface area contributed by atoms with Crippen LogP contribution < -0.4 is 16.8 Å². The second-order valence-corrected chi connectivity index (χ2v) is 8.42. The van der Waals surface area contributed by atoms with Crippen molar-refractivity contribution in [1.82, 2.24) is 10.3 Å². The van der Waals surface area contributed by atoms with Gasteiger partial charge in [-0.05, 0) is 68.7 Å². The van der Waals surface area contributed by atoms with Crippen LogP contribution in [0.15, 0.2) is 72.9 Å². The van der Waals surface area contributed by atoms with Gasteiger partial charge in [-0.3, -0.25) is 4.79 Å². The van der Waals surface area contributed by atoms with Crippen LogP contribution >= 0.6 is 11.3 Å². The van der Waals surface area contributed by atoms with Crippen molar-refractivity contribution in [1.29, 1.82) is 0 Å². The van der Waals surface area contributed by atoms with E-state index in [2.05, 4.69) is 23.5 Å². The molecule has 1 aliphatic rings. The maximum Gasteiger partial charge on any atom is 0.306 e. The van der Waals surface area contributed by atoms with E-state index in [0.29, 0.717) is 35.9 Å². The number of hydrogen-bond acceptors (Lipinski definition) is 6. The number of carboxylic acids is 1. The molecule has 6 nitrogen and oxygen atoms in total. The summed E-state index contributed by atoms with van der Waals surface area (Å²) in [5.41, 5.74) is 14.6. The monoisotopic (exact) mass is 426 g/mol. The van der Waals surface area contributed by atoms with E-state index in [1.807, 2.05) is 31.2 Å². The van der Waals surface area contributed by atoms with E-state index in [-0.39, 0.29) is 5.92 Å². The number of nitrogens with two attached hydrogens (primary N) is 2. The first-order valence-electron chi connectivity index (χ1n) is 9.84. The summed E-state index contributed by atoms with van der Waals surface area (Å²) in [6, 6.07) is 0. The highest BCUT2D eigenvalue weighted by molar-refractivity contribution is 7.12. The highest BCUT2D eigenvalue weighted by atomic mass is 32.1. The minimum absolute atomic E-state index is 0.217. The van der Waals surface area contributed by atoms with Crippen LogP contribution in [0, 0.1) is 5.92 Å². The standard InChI is InChI=1S/C23H30N4O2S/c1-15(11-12-24)13-17(3)27-16(2)5-4-6-20(25)21-14-26-22(30-21)18-7-9-19(10-8-18)23(28)29/h4-6,11-14,18-19,27H,2-3,7-10,24-25H2,1H3,(H,28,29)/b5-4-,12-11-,15-13-,20-6-. The molecule has 1 heterocycles. The van der Waals surface area contributed by atoms with Gasteiger partial charge in [-0.25, -0.2) is 4.98 Å². The van der Waals surface area contributed by atoms with Crippen molar-refractivity contribution in [2.24, 2.45) is 17.4 Å². The summed E-state index contributed by atoms with van der Waals surface area (Å²) in [6.07, 6.45) is 15.5. The number of carboxylic acid groups (broad SMARTS) is 1. The van der Waals surface area contributed by atoms with Crippen molar-refractivity contribution in [3.63, 3.8) is 0 Å². The van der Waals surface area contributed by atoms with Gasteiger partial charge in [0, 0.05) is 23.5 Å². The van der Waals surface area contributed by atoms with Crippen LogP contribution in [0.1, 0.15) is 48.4 Å². The van der Waals surface area contributed by atoms with Crippen molar-refractivity contribution in [2.75, 3.05) is 0 Å². The van der Waals surface area contributed by atoms with Gasteiger partial charge >= 0.3 is 5.97 Å². The fraction of sp³-hybridized carbons (Fsp3) is 0.304. The second kappa shape index (κ2) is 11.2. The summed E-state index contributed by atoms with van der Waals surface area (Å²) in [6.45, 7) is 9.81. The minimum atomic E-state index is -0.689. The molecule has 0 bridgehead atoms. The Morgan fingerprint density at radius 2 is 1.97 bits per heavy atom. The highest BCUT2D eigenvalue weighted by Gasteiger charge is 2.28. The minimum Gasteiger partial charge on any atom is -0.481 e. The van der Waals surface area contributed by atoms with E-state index >= 15 is 0 Å². The predicted octanol–water partition coefficient (Wildman–Crippen LogP) is 4.39. The van der Waals surface area contributed by atoms with Crippen LogP contribution in [-0.2, 0) is 4.79 Å². The molecule has 0 atom stereocenters. The Kier molecular flexibility index (Phi) is 8.68. The topological polar surface area (TPSA) is 114 Å². The summed E-state index contributed by atoms with van der Waals surface area (Å²) in [4.78, 5) is 16.5. The third-order valence-electron chi connectivity index (χ3n) is 4.89. The second-order valence-electron chi connectivity index (χ2n) is 7.35. The van der Waals surface area contributed by atoms with Crippen molar-refractivity contribution in [2.45, 2.75) is 38.5 Å². The number of hydrogen-bond donors (Lipinski definition) is 4. The van der Waals surface area contributed by atoms with Gasteiger partial charge in [0.1, 0.15) is 0 Å². The Morgan fingerprint density at radius 3 is 2.60 bits per heavy atom. The number of thiazole rings is 1. The third kappa shape index (κ3) is 7.08. The molecule has 1 aliphatic carbocycles. The Balaban J connectivity index is 1.90. The van der Waals surface area contributed by atoms with E-state index in [4.69, 9.17) is 16.6 Å². The van der Waals surface area contributed by atoms with E-state index in [1.54, 1.807) is 23.6 Å². The average Bonchev–Trinajstić information content (AvgIpc) is 3.18. The SMILES string of the molecule is C=C(/C=C\C=C(/N)c1cnc(C2CCC(C(=O)O)CC2)s1)NC(=C)/C=C(C)\C=C/N. The van der Waals surface area contributed by atoms with Gasteiger partial charge in [0.15, 0.2) is 0 Å². The zero-order valence-corrected chi connectivity index (χ0v) is 18.1. The molecule has 1 aromatic rings. The van der Waals surface area contributed by atoms with Crippen molar-refractivity contribution in [3.05, 3.63) is 82.8 Å². The van der Waals surface area contributed by atoms with Gasteiger partial charge in [0.25, 0.3) is 0 Å². The fourth-order valence-corrected chi connectivity index (χ4v) is 4.33. The lowest BCUT2D eigenvalue weighted by molar-refractivity contribution is -0.142. The molecular weight excluding hydrogens is 396 g/mol. The number of allylic oxidation sites excluding steroid dienone is 6. The largest absolute Gasteiger partial charge is 0.481 e. The van der Waals surface area contributed by atoms with Crippen LogP contribution in [0.4, 0.5) is 0 Å². The van der Waals surface area contributed by atoms with E-state index in [1.165, 1.54) is 6.20 Å². The molecule has 1 saturated carbocycles. The number of rotatable bonds is 9. The first-order chi connectivity index (χ1) is 14.3. The molecule has 0 saturated heterocycles. The number of nitrogens with one attached hydrogen (secondary N) is 1. The summed E-state index contributed by atoms with van der Waals surface area (Å²) in [5, 5.41) is 13.3. The number of carbonyl (C=O) groups is 1. The van der Waals surface area contributed by atoms with Crippen LogP contribution in [0.2, 0.25) is 0 Å². The molecule has 30 heavy (non-hydrogen) atoms. The molecule has 0 aromatic carbocycles. The first-order valence-corrected chi connectivity index (χ1v) is 10.7. The van der Waals surface area contributed by atoms with Gasteiger partial charge in [-0.1, -0.05) is 19.2 Å². The molecular formula is C23H30N4O2S. The molecule has 6 N–H and O–H groups in total. The molecule has 160 valence electrons. The normalized spacial score (nSPS) is 20.6. The van der Waals surface area contributed by atoms with Gasteiger partial charge in [0.2, 0.25) is 0 Å². The van der Waals surface area contributed by atoms with Gasteiger partial charge in [0.05, 0.1) is 21.5 Å². The van der Waals surface area contributed by atoms with Crippen molar-refractivity contribution >= 4 is 23.0 Å². The zero-order valence-electron chi connectivity index (χ0n) is 17.3. The quantitative estimate of drug-likeness (QED) is 0.435. The number of nitrogens with zero attached hydrogens (tertiary/aromatic N) is 1. The molecule has 1 aromatic heterocycles. The maximum atomic E-state index is 11.1. The Morgan fingerprint density at radius 1 is 1.27 bits per heavy atom. The molecule has 1 fully saturated rings. The van der Waals surface area contributed by atoms with Crippen LogP contribution in [0.25, 0.3) is 5.70 Å². The van der Waals surface area contributed by atoms with E-state index < -0.39 is 5.97 Å². The lowest BCUT2D eigenvalue weighted by atomic mass is 9.82. The van der Waals surface area contributed by atoms with Crippen LogP contribution in [-0.4, -0.2) is 16.1 Å². The Labute approximate surface area is 182 Å². The fourth-order valence-electron chi connectivity index (χ4n) is 3.31. The van der Waals surface area contributed by atoms with Gasteiger partial charge in [-0.2, -0.15) is 0 Å². The lowest BCUT2D eigenvalue weighted by Gasteiger charge is -2.24. The van der Waals surface area contributed by atoms with Crippen LogP contribution in [0.3, 0.4) is 0 Å². The molecule has 0 radical (unpaired) electrons. The van der Waals surface area contributed by atoms with Crippen molar-refractivity contribution in [3.8, 4) is 0 Å². The molecule has 0 spiro atoms. The Hall–Kier alpha value is -3.06. The summed E-state index contributed by atoms with van der Waals surface area (Å²) in [5.74, 6) is -0.584. The average molecular weight is 427 g/mol. The lowest BCUT2D eigenvalue weighted by Crippen LogP contribution is -2.20. The van der Waals surface area contributed by atoms with Crippen molar-refractivity contribution < 1.29 is 9.90 Å². The first kappa shape index (κ1) is 23.2. The number of aromatic nitrogens is 1. The highest BCUT2D eigenvalue weighted by Crippen LogP contribution is 2.38. The molecule has 0 aliphatic heterocycles. The summed E-state index contributed by atoms with van der Waals surface area (Å²) in [7, 11) is 0. The summed E-state index contributed by atoms with van der Waals surface area (Å²) >= 11 is 1.58. The maximum absolute atomic E-state index is 11.1. The Bertz CT molecular complexity index is 900. The number of aliphatic carboxylic acids is 1. The van der Waals surface area contributed by atoms with Gasteiger partial charge < -0.3 is 21.9 Å². The molecule has 0 unspecified atom stereocenters. The predicted molar refractivity (Wildman–Crippen MR) is 124 cm³/mol. The molecule has 2 rings (SSSR count). The van der Waals surface area contributed by atoms with E-state index in [9.17, 15) is 4.79 Å². The third-order valence-corrected chi connectivity index (χ3v) is 6.10. The zero-order chi connectivity index (χ0) is 22.1.